The second kappa shape index (κ2) is 6.50. The first-order valence-electron chi connectivity index (χ1n) is 7.47. The molecule has 0 aromatic heterocycles. The van der Waals surface area contributed by atoms with Gasteiger partial charge in [0.1, 0.15) is 5.75 Å². The molecule has 1 N–H and O–H groups in total. The zero-order valence-electron chi connectivity index (χ0n) is 12.2. The summed E-state index contributed by atoms with van der Waals surface area (Å²) in [5, 5.41) is 4.37. The maximum atomic E-state index is 6.00. The first kappa shape index (κ1) is 14.4. The third-order valence-electron chi connectivity index (χ3n) is 4.03. The number of hydrogen-bond donors (Lipinski definition) is 1. The fraction of sp³-hybridized carbons (Fsp3) is 0.333. The monoisotopic (exact) mass is 301 g/mol. The minimum atomic E-state index is 0.292. The molecule has 0 saturated heterocycles. The average Bonchev–Trinajstić information content (AvgIpc) is 2.53. The van der Waals surface area contributed by atoms with Crippen molar-refractivity contribution in [1.82, 2.24) is 5.32 Å². The van der Waals surface area contributed by atoms with Gasteiger partial charge < -0.3 is 10.1 Å². The maximum absolute atomic E-state index is 6.00. The third kappa shape index (κ3) is 3.22. The molecule has 0 amide bonds. The molecule has 110 valence electrons. The standard InChI is InChI=1S/C18H20ClNO/c1-2-20-18(13-7-9-16(19)10-8-13)15-11-14-5-3-4-6-17(14)21-12-15/h3-10,15,18,20H,2,11-12H2,1H3. The Bertz CT molecular complexity index is 596. The van der Waals surface area contributed by atoms with Crippen LogP contribution in [0.2, 0.25) is 5.02 Å². The molecule has 0 radical (unpaired) electrons. The summed E-state index contributed by atoms with van der Waals surface area (Å²) in [4.78, 5) is 0. The molecule has 0 spiro atoms. The van der Waals surface area contributed by atoms with E-state index < -0.39 is 0 Å². The summed E-state index contributed by atoms with van der Waals surface area (Å²) >= 11 is 6.00. The number of rotatable bonds is 4. The normalized spacial score (nSPS) is 18.7. The van der Waals surface area contributed by atoms with Crippen LogP contribution in [-0.4, -0.2) is 13.2 Å². The van der Waals surface area contributed by atoms with Gasteiger partial charge in [0, 0.05) is 17.0 Å². The van der Waals surface area contributed by atoms with Crippen molar-refractivity contribution in [3.05, 3.63) is 64.7 Å². The summed E-state index contributed by atoms with van der Waals surface area (Å²) in [7, 11) is 0. The zero-order chi connectivity index (χ0) is 14.7. The maximum Gasteiger partial charge on any atom is 0.122 e. The van der Waals surface area contributed by atoms with Crippen molar-refractivity contribution < 1.29 is 4.74 Å². The Kier molecular flexibility index (Phi) is 4.47. The Hall–Kier alpha value is -1.51. The SMILES string of the molecule is CCNC(c1ccc(Cl)cc1)C1COc2ccccc2C1. The Labute approximate surface area is 131 Å². The topological polar surface area (TPSA) is 21.3 Å². The number of halogens is 1. The van der Waals surface area contributed by atoms with Crippen molar-refractivity contribution in [2.24, 2.45) is 5.92 Å². The second-order valence-electron chi connectivity index (χ2n) is 5.47. The van der Waals surface area contributed by atoms with Gasteiger partial charge in [0.25, 0.3) is 0 Å². The van der Waals surface area contributed by atoms with Gasteiger partial charge in [-0.1, -0.05) is 48.9 Å². The fourth-order valence-corrected chi connectivity index (χ4v) is 3.14. The number of ether oxygens (including phenoxy) is 1. The van der Waals surface area contributed by atoms with E-state index in [-0.39, 0.29) is 0 Å². The second-order valence-corrected chi connectivity index (χ2v) is 5.91. The fourth-order valence-electron chi connectivity index (χ4n) is 3.01. The van der Waals surface area contributed by atoms with Crippen LogP contribution < -0.4 is 10.1 Å². The van der Waals surface area contributed by atoms with Gasteiger partial charge >= 0.3 is 0 Å². The van der Waals surface area contributed by atoms with Crippen molar-refractivity contribution in [2.45, 2.75) is 19.4 Å². The Morgan fingerprint density at radius 2 is 1.95 bits per heavy atom. The molecule has 2 unspecified atom stereocenters. The number of benzene rings is 2. The van der Waals surface area contributed by atoms with Gasteiger partial charge in [-0.2, -0.15) is 0 Å². The van der Waals surface area contributed by atoms with Gasteiger partial charge in [-0.3, -0.25) is 0 Å². The van der Waals surface area contributed by atoms with Crippen LogP contribution in [0.3, 0.4) is 0 Å². The van der Waals surface area contributed by atoms with E-state index in [4.69, 9.17) is 16.3 Å². The van der Waals surface area contributed by atoms with Crippen LogP contribution in [0.1, 0.15) is 24.1 Å². The highest BCUT2D eigenvalue weighted by molar-refractivity contribution is 6.30. The molecule has 1 aliphatic heterocycles. The van der Waals surface area contributed by atoms with Gasteiger partial charge in [-0.25, -0.2) is 0 Å². The predicted molar refractivity (Wildman–Crippen MR) is 87.0 cm³/mol. The van der Waals surface area contributed by atoms with Crippen molar-refractivity contribution in [3.8, 4) is 5.75 Å². The molecule has 0 fully saturated rings. The molecule has 2 aromatic rings. The number of nitrogens with one attached hydrogen (secondary N) is 1. The number of fused-ring (bicyclic) bond motifs is 1. The van der Waals surface area contributed by atoms with Crippen molar-refractivity contribution in [2.75, 3.05) is 13.2 Å². The molecule has 21 heavy (non-hydrogen) atoms. The van der Waals surface area contributed by atoms with Crippen LogP contribution in [0.4, 0.5) is 0 Å². The highest BCUT2D eigenvalue weighted by Gasteiger charge is 2.27. The van der Waals surface area contributed by atoms with E-state index in [0.717, 1.165) is 30.3 Å². The number of hydrogen-bond acceptors (Lipinski definition) is 2. The molecule has 0 bridgehead atoms. The first-order chi connectivity index (χ1) is 10.3. The summed E-state index contributed by atoms with van der Waals surface area (Å²) in [6, 6.07) is 16.7. The summed E-state index contributed by atoms with van der Waals surface area (Å²) in [6.45, 7) is 3.82. The lowest BCUT2D eigenvalue weighted by Gasteiger charge is -2.32. The minimum Gasteiger partial charge on any atom is -0.493 e. The molecular formula is C18H20ClNO. The lowest BCUT2D eigenvalue weighted by Crippen LogP contribution is -2.35. The lowest BCUT2D eigenvalue weighted by molar-refractivity contribution is 0.185. The van der Waals surface area contributed by atoms with Crippen LogP contribution in [-0.2, 0) is 6.42 Å². The van der Waals surface area contributed by atoms with Crippen LogP contribution in [0, 0.1) is 5.92 Å². The Balaban J connectivity index is 1.83. The summed E-state index contributed by atoms with van der Waals surface area (Å²) in [5.74, 6) is 1.46. The molecule has 2 nitrogen and oxygen atoms in total. The highest BCUT2D eigenvalue weighted by atomic mass is 35.5. The van der Waals surface area contributed by atoms with E-state index >= 15 is 0 Å². The predicted octanol–water partition coefficient (Wildman–Crippen LogP) is 4.24. The molecule has 1 heterocycles. The van der Waals surface area contributed by atoms with Crippen molar-refractivity contribution in [1.29, 1.82) is 0 Å². The van der Waals surface area contributed by atoms with Gasteiger partial charge in [-0.15, -0.1) is 0 Å². The molecule has 2 atom stereocenters. The van der Waals surface area contributed by atoms with Crippen molar-refractivity contribution >= 4 is 11.6 Å². The van der Waals surface area contributed by atoms with Gasteiger partial charge in [0.05, 0.1) is 6.61 Å². The molecule has 3 heteroatoms. The van der Waals surface area contributed by atoms with Gasteiger partial charge in [0.2, 0.25) is 0 Å². The smallest absolute Gasteiger partial charge is 0.122 e. The number of para-hydroxylation sites is 1. The third-order valence-corrected chi connectivity index (χ3v) is 4.28. The van der Waals surface area contributed by atoms with Crippen LogP contribution in [0.15, 0.2) is 48.5 Å². The molecule has 0 saturated carbocycles. The Morgan fingerprint density at radius 3 is 2.71 bits per heavy atom. The van der Waals surface area contributed by atoms with Gasteiger partial charge in [0.15, 0.2) is 0 Å². The van der Waals surface area contributed by atoms with E-state index in [2.05, 4.69) is 42.6 Å². The molecule has 0 aliphatic carbocycles. The molecule has 3 rings (SSSR count). The Morgan fingerprint density at radius 1 is 1.19 bits per heavy atom. The van der Waals surface area contributed by atoms with Gasteiger partial charge in [-0.05, 0) is 42.3 Å². The van der Waals surface area contributed by atoms with Crippen LogP contribution in [0.5, 0.6) is 5.75 Å². The minimum absolute atomic E-state index is 0.292. The zero-order valence-corrected chi connectivity index (χ0v) is 12.9. The first-order valence-corrected chi connectivity index (χ1v) is 7.85. The van der Waals surface area contributed by atoms with Crippen molar-refractivity contribution in [3.63, 3.8) is 0 Å². The van der Waals surface area contributed by atoms with E-state index in [1.807, 2.05) is 18.2 Å². The highest BCUT2D eigenvalue weighted by Crippen LogP contribution is 2.33. The molecular weight excluding hydrogens is 282 g/mol. The quantitative estimate of drug-likeness (QED) is 0.912. The van der Waals surface area contributed by atoms with E-state index in [9.17, 15) is 0 Å². The van der Waals surface area contributed by atoms with Crippen LogP contribution in [0.25, 0.3) is 0 Å². The van der Waals surface area contributed by atoms with E-state index in [1.165, 1.54) is 11.1 Å². The summed E-state index contributed by atoms with van der Waals surface area (Å²) < 4.78 is 5.94. The largest absolute Gasteiger partial charge is 0.493 e. The lowest BCUT2D eigenvalue weighted by atomic mass is 9.86. The van der Waals surface area contributed by atoms with E-state index in [0.29, 0.717) is 12.0 Å². The molecule has 1 aliphatic rings. The van der Waals surface area contributed by atoms with E-state index in [1.54, 1.807) is 0 Å². The molecule has 2 aromatic carbocycles. The average molecular weight is 302 g/mol. The van der Waals surface area contributed by atoms with Crippen LogP contribution >= 0.6 is 11.6 Å². The summed E-state index contributed by atoms with van der Waals surface area (Å²) in [5.41, 5.74) is 2.57. The summed E-state index contributed by atoms with van der Waals surface area (Å²) in [6.07, 6.45) is 1.04.